The summed E-state index contributed by atoms with van der Waals surface area (Å²) in [5, 5.41) is 3.41. The number of amides is 2. The number of ether oxygens (including phenoxy) is 1. The van der Waals surface area contributed by atoms with Crippen molar-refractivity contribution >= 4 is 23.4 Å². The molecule has 0 aromatic heterocycles. The molecule has 1 N–H and O–H groups in total. The second kappa shape index (κ2) is 6.79. The number of nitrogens with one attached hydrogen (secondary N) is 1. The Kier molecular flexibility index (Phi) is 4.76. The van der Waals surface area contributed by atoms with Gasteiger partial charge in [0.05, 0.1) is 5.02 Å². The first-order chi connectivity index (χ1) is 11.0. The molecule has 6 heteroatoms. The summed E-state index contributed by atoms with van der Waals surface area (Å²) in [5.41, 5.74) is 0. The maximum atomic E-state index is 12.4. The summed E-state index contributed by atoms with van der Waals surface area (Å²) in [7, 11) is 1.82. The van der Waals surface area contributed by atoms with Crippen LogP contribution >= 0.6 is 11.6 Å². The minimum atomic E-state index is -0.0622. The van der Waals surface area contributed by atoms with Crippen molar-refractivity contribution in [1.82, 2.24) is 10.2 Å². The topological polar surface area (TPSA) is 58.6 Å². The summed E-state index contributed by atoms with van der Waals surface area (Å²) in [6.45, 7) is 0.710. The van der Waals surface area contributed by atoms with Gasteiger partial charge in [0.2, 0.25) is 5.91 Å². The molecule has 124 valence electrons. The molecule has 1 saturated carbocycles. The van der Waals surface area contributed by atoms with Crippen molar-refractivity contribution in [2.75, 3.05) is 20.2 Å². The van der Waals surface area contributed by atoms with Crippen LogP contribution in [0.3, 0.4) is 0 Å². The number of fused-ring (bicyclic) bond motifs is 1. The fourth-order valence-corrected chi connectivity index (χ4v) is 3.75. The fraction of sp³-hybridized carbons (Fsp3) is 0.529. The molecule has 1 saturated heterocycles. The minimum Gasteiger partial charge on any atom is -0.482 e. The van der Waals surface area contributed by atoms with E-state index < -0.39 is 0 Å². The van der Waals surface area contributed by atoms with Gasteiger partial charge < -0.3 is 15.0 Å². The number of likely N-dealkylation sites (N-methyl/N-ethyl adjacent to an activating group) is 1. The van der Waals surface area contributed by atoms with Crippen molar-refractivity contribution < 1.29 is 14.3 Å². The molecule has 1 heterocycles. The predicted molar refractivity (Wildman–Crippen MR) is 87.3 cm³/mol. The molecule has 2 aliphatic rings. The number of hydrogen-bond donors (Lipinski definition) is 1. The van der Waals surface area contributed by atoms with E-state index in [0.717, 1.165) is 19.4 Å². The lowest BCUT2D eigenvalue weighted by molar-refractivity contribution is -0.134. The second-order valence-corrected chi connectivity index (χ2v) is 6.78. The highest BCUT2D eigenvalue weighted by Gasteiger charge is 2.40. The zero-order valence-corrected chi connectivity index (χ0v) is 13.9. The summed E-state index contributed by atoms with van der Waals surface area (Å²) >= 11 is 6.02. The first-order valence-corrected chi connectivity index (χ1v) is 8.32. The molecule has 1 aliphatic heterocycles. The van der Waals surface area contributed by atoms with Crippen LogP contribution in [0.5, 0.6) is 5.75 Å². The van der Waals surface area contributed by atoms with Crippen molar-refractivity contribution in [3.8, 4) is 5.75 Å². The molecular formula is C17H21ClN2O3. The SMILES string of the molecule is CN(C(=O)COc1ccccc1Cl)[C@H]1C[C@H]2CNC(=O)C[C@H]2C1. The van der Waals surface area contributed by atoms with E-state index in [9.17, 15) is 9.59 Å². The molecule has 1 aromatic rings. The smallest absolute Gasteiger partial charge is 0.260 e. The molecule has 0 spiro atoms. The highest BCUT2D eigenvalue weighted by Crippen LogP contribution is 2.38. The van der Waals surface area contributed by atoms with Crippen LogP contribution in [-0.2, 0) is 9.59 Å². The number of rotatable bonds is 4. The van der Waals surface area contributed by atoms with Gasteiger partial charge in [-0.1, -0.05) is 23.7 Å². The Morgan fingerprint density at radius 2 is 2.09 bits per heavy atom. The molecule has 2 fully saturated rings. The largest absolute Gasteiger partial charge is 0.482 e. The standard InChI is InChI=1S/C17H21ClN2O3/c1-20(13-6-11-8-16(21)19-9-12(11)7-13)17(22)10-23-15-5-3-2-4-14(15)18/h2-5,11-13H,6-10H2,1H3,(H,19,21)/t11-,12+,13-/m1/s1. The molecule has 23 heavy (non-hydrogen) atoms. The van der Waals surface area contributed by atoms with E-state index in [0.29, 0.717) is 29.0 Å². The Morgan fingerprint density at radius 1 is 1.35 bits per heavy atom. The molecule has 3 atom stereocenters. The van der Waals surface area contributed by atoms with Crippen LogP contribution in [0.15, 0.2) is 24.3 Å². The van der Waals surface area contributed by atoms with E-state index in [1.54, 1.807) is 17.0 Å². The Labute approximate surface area is 140 Å². The Bertz CT molecular complexity index is 607. The van der Waals surface area contributed by atoms with Crippen molar-refractivity contribution in [3.63, 3.8) is 0 Å². The number of para-hydroxylation sites is 1. The van der Waals surface area contributed by atoms with Gasteiger partial charge in [0.15, 0.2) is 6.61 Å². The Morgan fingerprint density at radius 3 is 2.87 bits per heavy atom. The fourth-order valence-electron chi connectivity index (χ4n) is 3.56. The van der Waals surface area contributed by atoms with Gasteiger partial charge in [-0.25, -0.2) is 0 Å². The molecule has 1 aromatic carbocycles. The number of halogens is 1. The summed E-state index contributed by atoms with van der Waals surface area (Å²) in [5.74, 6) is 1.47. The summed E-state index contributed by atoms with van der Waals surface area (Å²) in [6, 6.07) is 7.30. The molecule has 5 nitrogen and oxygen atoms in total. The first-order valence-electron chi connectivity index (χ1n) is 7.94. The van der Waals surface area contributed by atoms with E-state index in [1.807, 2.05) is 19.2 Å². The van der Waals surface area contributed by atoms with Crippen LogP contribution < -0.4 is 10.1 Å². The number of hydrogen-bond acceptors (Lipinski definition) is 3. The second-order valence-electron chi connectivity index (χ2n) is 6.38. The zero-order valence-electron chi connectivity index (χ0n) is 13.1. The van der Waals surface area contributed by atoms with Gasteiger partial charge in [-0.3, -0.25) is 9.59 Å². The average Bonchev–Trinajstić information content (AvgIpc) is 2.96. The van der Waals surface area contributed by atoms with Crippen molar-refractivity contribution in [1.29, 1.82) is 0 Å². The Hall–Kier alpha value is -1.75. The molecule has 0 radical (unpaired) electrons. The minimum absolute atomic E-state index is 0.0246. The first kappa shape index (κ1) is 16.1. The zero-order chi connectivity index (χ0) is 16.4. The van der Waals surface area contributed by atoms with E-state index in [-0.39, 0.29) is 24.5 Å². The summed E-state index contributed by atoms with van der Waals surface area (Å²) in [6.07, 6.45) is 2.42. The van der Waals surface area contributed by atoms with Crippen LogP contribution in [0, 0.1) is 11.8 Å². The third-order valence-corrected chi connectivity index (χ3v) is 5.27. The average molecular weight is 337 g/mol. The highest BCUT2D eigenvalue weighted by molar-refractivity contribution is 6.32. The molecule has 2 amide bonds. The molecule has 0 unspecified atom stereocenters. The van der Waals surface area contributed by atoms with E-state index in [4.69, 9.17) is 16.3 Å². The number of carbonyl (C=O) groups excluding carboxylic acids is 2. The van der Waals surface area contributed by atoms with Gasteiger partial charge in [0.25, 0.3) is 5.91 Å². The maximum Gasteiger partial charge on any atom is 0.260 e. The van der Waals surface area contributed by atoms with Crippen molar-refractivity contribution in [2.45, 2.75) is 25.3 Å². The van der Waals surface area contributed by atoms with E-state index in [2.05, 4.69) is 5.32 Å². The van der Waals surface area contributed by atoms with Gasteiger partial charge in [0, 0.05) is 26.1 Å². The van der Waals surface area contributed by atoms with Crippen molar-refractivity contribution in [2.24, 2.45) is 11.8 Å². The van der Waals surface area contributed by atoms with E-state index in [1.165, 1.54) is 0 Å². The third kappa shape index (κ3) is 3.61. The normalized spacial score (nSPS) is 26.3. The van der Waals surface area contributed by atoms with Gasteiger partial charge in [-0.05, 0) is 36.8 Å². The molecule has 0 bridgehead atoms. The summed E-state index contributed by atoms with van der Waals surface area (Å²) in [4.78, 5) is 25.6. The highest BCUT2D eigenvalue weighted by atomic mass is 35.5. The van der Waals surface area contributed by atoms with Crippen LogP contribution in [-0.4, -0.2) is 43.0 Å². The van der Waals surface area contributed by atoms with Gasteiger partial charge in [-0.2, -0.15) is 0 Å². The number of benzene rings is 1. The van der Waals surface area contributed by atoms with Gasteiger partial charge in [0.1, 0.15) is 5.75 Å². The molecule has 1 aliphatic carbocycles. The monoisotopic (exact) mass is 336 g/mol. The van der Waals surface area contributed by atoms with Crippen molar-refractivity contribution in [3.05, 3.63) is 29.3 Å². The lowest BCUT2D eigenvalue weighted by atomic mass is 9.89. The van der Waals surface area contributed by atoms with Gasteiger partial charge in [-0.15, -0.1) is 0 Å². The van der Waals surface area contributed by atoms with Crippen LogP contribution in [0.2, 0.25) is 5.02 Å². The third-order valence-electron chi connectivity index (χ3n) is 4.95. The number of piperidine rings is 1. The van der Waals surface area contributed by atoms with E-state index >= 15 is 0 Å². The van der Waals surface area contributed by atoms with Crippen LogP contribution in [0.25, 0.3) is 0 Å². The quantitative estimate of drug-likeness (QED) is 0.916. The lowest BCUT2D eigenvalue weighted by Gasteiger charge is -2.25. The van der Waals surface area contributed by atoms with Crippen LogP contribution in [0.1, 0.15) is 19.3 Å². The van der Waals surface area contributed by atoms with Crippen LogP contribution in [0.4, 0.5) is 0 Å². The maximum absolute atomic E-state index is 12.4. The molecular weight excluding hydrogens is 316 g/mol. The van der Waals surface area contributed by atoms with Gasteiger partial charge >= 0.3 is 0 Å². The Balaban J connectivity index is 1.54. The summed E-state index contributed by atoms with van der Waals surface area (Å²) < 4.78 is 5.53. The molecule has 3 rings (SSSR count). The number of nitrogens with zero attached hydrogens (tertiary/aromatic N) is 1. The lowest BCUT2D eigenvalue weighted by Crippen LogP contribution is -2.39. The number of carbonyl (C=O) groups is 2. The predicted octanol–water partition coefficient (Wildman–Crippen LogP) is 2.09.